The van der Waals surface area contributed by atoms with Crippen LogP contribution in [0.4, 0.5) is 25.3 Å². The maximum atomic E-state index is 12.5. The largest absolute Gasteiger partial charge is 0.366 e. The molecule has 3 rings (SSSR count). The van der Waals surface area contributed by atoms with E-state index < -0.39 is 16.4 Å². The maximum Gasteiger partial charge on any atom is 0.292 e. The molecule has 1 N–H and O–H groups in total. The summed E-state index contributed by atoms with van der Waals surface area (Å²) in [6.45, 7) is 0.975. The fourth-order valence-corrected chi connectivity index (χ4v) is 3.45. The molecule has 1 saturated heterocycles. The summed E-state index contributed by atoms with van der Waals surface area (Å²) in [5, 5.41) is 20.1. The van der Waals surface area contributed by atoms with Crippen molar-refractivity contribution in [3.05, 3.63) is 39.4 Å². The maximum absolute atomic E-state index is 12.5. The summed E-state index contributed by atoms with van der Waals surface area (Å²) in [5.41, 5.74) is 0.561. The molecule has 1 aromatic carbocycles. The third-order valence-electron chi connectivity index (χ3n) is 4.14. The van der Waals surface area contributed by atoms with Crippen LogP contribution in [-0.4, -0.2) is 34.1 Å². The van der Waals surface area contributed by atoms with Crippen LogP contribution >= 0.6 is 11.3 Å². The van der Waals surface area contributed by atoms with E-state index in [1.165, 1.54) is 6.07 Å². The first kappa shape index (κ1) is 18.1. The fraction of sp³-hybridized carbons (Fsp3) is 0.400. The Kier molecular flexibility index (Phi) is 5.35. The Balaban J connectivity index is 1.59. The number of halogens is 2. The predicted molar refractivity (Wildman–Crippen MR) is 91.5 cm³/mol. The van der Waals surface area contributed by atoms with Gasteiger partial charge in [-0.2, -0.15) is 0 Å². The number of nitrogens with one attached hydrogen (secondary N) is 1. The second-order valence-corrected chi connectivity index (χ2v) is 6.75. The van der Waals surface area contributed by atoms with Gasteiger partial charge in [0.15, 0.2) is 5.01 Å². The van der Waals surface area contributed by atoms with E-state index in [2.05, 4.69) is 15.5 Å². The van der Waals surface area contributed by atoms with Gasteiger partial charge in [0.1, 0.15) is 5.69 Å². The molecule has 2 aromatic rings. The molecule has 2 heterocycles. The first-order valence-electron chi connectivity index (χ1n) is 7.86. The molecule has 0 atom stereocenters. The van der Waals surface area contributed by atoms with E-state index in [-0.39, 0.29) is 22.6 Å². The Morgan fingerprint density at radius 2 is 2.00 bits per heavy atom. The summed E-state index contributed by atoms with van der Waals surface area (Å²) < 4.78 is 25.0. The number of hydrogen-bond acceptors (Lipinski definition) is 7. The summed E-state index contributed by atoms with van der Waals surface area (Å²) in [6.07, 6.45) is -1.72. The summed E-state index contributed by atoms with van der Waals surface area (Å²) in [5.74, 6) is -0.614. The summed E-state index contributed by atoms with van der Waals surface area (Å²) in [4.78, 5) is 24.9. The van der Waals surface area contributed by atoms with Crippen LogP contribution in [0.5, 0.6) is 0 Å². The van der Waals surface area contributed by atoms with Crippen molar-refractivity contribution in [2.45, 2.75) is 19.3 Å². The number of alkyl halides is 2. The number of amides is 1. The second kappa shape index (κ2) is 7.68. The van der Waals surface area contributed by atoms with E-state index in [0.717, 1.165) is 0 Å². The Morgan fingerprint density at radius 3 is 2.62 bits per heavy atom. The molecule has 0 aliphatic carbocycles. The zero-order valence-corrected chi connectivity index (χ0v) is 14.3. The highest BCUT2D eigenvalue weighted by molar-refractivity contribution is 7.15. The van der Waals surface area contributed by atoms with Gasteiger partial charge in [0.05, 0.1) is 4.92 Å². The molecule has 0 unspecified atom stereocenters. The zero-order valence-electron chi connectivity index (χ0n) is 13.5. The molecule has 0 spiro atoms. The van der Waals surface area contributed by atoms with Gasteiger partial charge < -0.3 is 10.2 Å². The average molecular weight is 383 g/mol. The number of nitrogens with zero attached hydrogens (tertiary/aromatic N) is 4. The lowest BCUT2D eigenvalue weighted by molar-refractivity contribution is -0.384. The number of nitro benzene ring substituents is 1. The van der Waals surface area contributed by atoms with E-state index in [1.807, 2.05) is 4.90 Å². The highest BCUT2D eigenvalue weighted by Crippen LogP contribution is 2.32. The van der Waals surface area contributed by atoms with E-state index in [4.69, 9.17) is 0 Å². The van der Waals surface area contributed by atoms with Gasteiger partial charge in [-0.1, -0.05) is 23.5 Å². The van der Waals surface area contributed by atoms with E-state index in [0.29, 0.717) is 43.0 Å². The van der Waals surface area contributed by atoms with Crippen molar-refractivity contribution in [1.29, 1.82) is 0 Å². The monoisotopic (exact) mass is 383 g/mol. The third kappa shape index (κ3) is 3.93. The molecule has 1 amide bonds. The van der Waals surface area contributed by atoms with Crippen molar-refractivity contribution in [2.75, 3.05) is 23.3 Å². The number of piperidine rings is 1. The zero-order chi connectivity index (χ0) is 18.7. The van der Waals surface area contributed by atoms with Crippen LogP contribution in [0.1, 0.15) is 24.3 Å². The lowest BCUT2D eigenvalue weighted by atomic mass is 9.95. The normalized spacial score (nSPS) is 15.3. The molecule has 11 heteroatoms. The summed E-state index contributed by atoms with van der Waals surface area (Å²) in [7, 11) is 0. The van der Waals surface area contributed by atoms with E-state index in [9.17, 15) is 23.7 Å². The number of para-hydroxylation sites is 2. The average Bonchev–Trinajstić information content (AvgIpc) is 3.10. The number of carbonyl (C=O) groups is 1. The molecule has 0 radical (unpaired) electrons. The van der Waals surface area contributed by atoms with Gasteiger partial charge in [0.2, 0.25) is 11.0 Å². The smallest absolute Gasteiger partial charge is 0.292 e. The molecule has 138 valence electrons. The number of anilines is 2. The molecule has 1 aliphatic rings. The van der Waals surface area contributed by atoms with Crippen molar-refractivity contribution in [2.24, 2.45) is 5.92 Å². The molecule has 0 saturated carbocycles. The van der Waals surface area contributed by atoms with Gasteiger partial charge in [-0.05, 0) is 18.9 Å². The number of carbonyl (C=O) groups excluding carboxylic acids is 1. The number of hydrogen-bond donors (Lipinski definition) is 1. The second-order valence-electron chi connectivity index (χ2n) is 5.74. The Bertz CT molecular complexity index is 808. The minimum Gasteiger partial charge on any atom is -0.366 e. The predicted octanol–water partition coefficient (Wildman–Crippen LogP) is 3.24. The van der Waals surface area contributed by atoms with Crippen molar-refractivity contribution in [3.63, 3.8) is 0 Å². The van der Waals surface area contributed by atoms with Crippen LogP contribution in [0.15, 0.2) is 24.3 Å². The van der Waals surface area contributed by atoms with Gasteiger partial charge in [-0.3, -0.25) is 14.9 Å². The van der Waals surface area contributed by atoms with Crippen molar-refractivity contribution in [3.8, 4) is 0 Å². The van der Waals surface area contributed by atoms with Crippen molar-refractivity contribution < 1.29 is 18.5 Å². The molecule has 26 heavy (non-hydrogen) atoms. The lowest BCUT2D eigenvalue weighted by Gasteiger charge is -2.32. The quantitative estimate of drug-likeness (QED) is 0.628. The van der Waals surface area contributed by atoms with Crippen LogP contribution in [0, 0.1) is 16.0 Å². The van der Waals surface area contributed by atoms with Gasteiger partial charge in [0, 0.05) is 25.1 Å². The number of aromatic nitrogens is 2. The molecule has 8 nitrogen and oxygen atoms in total. The van der Waals surface area contributed by atoms with Crippen LogP contribution in [0.2, 0.25) is 0 Å². The molecular formula is C15H15F2N5O3S. The van der Waals surface area contributed by atoms with Crippen molar-refractivity contribution in [1.82, 2.24) is 10.2 Å². The van der Waals surface area contributed by atoms with Gasteiger partial charge in [-0.15, -0.1) is 10.2 Å². The molecule has 0 bridgehead atoms. The van der Waals surface area contributed by atoms with Crippen LogP contribution < -0.4 is 10.2 Å². The van der Waals surface area contributed by atoms with Crippen LogP contribution in [0.3, 0.4) is 0 Å². The lowest BCUT2D eigenvalue weighted by Crippen LogP contribution is -2.38. The number of rotatable bonds is 5. The number of nitro groups is 1. The van der Waals surface area contributed by atoms with Gasteiger partial charge in [0.25, 0.3) is 12.1 Å². The minimum absolute atomic E-state index is 0.0313. The highest BCUT2D eigenvalue weighted by atomic mass is 32.1. The highest BCUT2D eigenvalue weighted by Gasteiger charge is 2.28. The first-order chi connectivity index (χ1) is 12.5. The first-order valence-corrected chi connectivity index (χ1v) is 8.68. The SMILES string of the molecule is O=C(Nc1nnc(C(F)F)s1)C1CCN(c2ccccc2[N+](=O)[O-])CC1. The summed E-state index contributed by atoms with van der Waals surface area (Å²) in [6, 6.07) is 6.48. The number of benzene rings is 1. The van der Waals surface area contributed by atoms with E-state index in [1.54, 1.807) is 18.2 Å². The third-order valence-corrected chi connectivity index (χ3v) is 4.99. The molecule has 1 aliphatic heterocycles. The Morgan fingerprint density at radius 1 is 1.31 bits per heavy atom. The van der Waals surface area contributed by atoms with Crippen molar-refractivity contribution >= 4 is 33.8 Å². The topological polar surface area (TPSA) is 101 Å². The fourth-order valence-electron chi connectivity index (χ4n) is 2.85. The molecular weight excluding hydrogens is 368 g/mol. The minimum atomic E-state index is -2.72. The Hall–Kier alpha value is -2.69. The van der Waals surface area contributed by atoms with Gasteiger partial charge >= 0.3 is 0 Å². The molecule has 1 aromatic heterocycles. The molecule has 1 fully saturated rings. The van der Waals surface area contributed by atoms with Gasteiger partial charge in [-0.25, -0.2) is 8.78 Å². The summed E-state index contributed by atoms with van der Waals surface area (Å²) >= 11 is 0.646. The van der Waals surface area contributed by atoms with Crippen LogP contribution in [0.25, 0.3) is 0 Å². The Labute approximate surface area is 151 Å². The van der Waals surface area contributed by atoms with Crippen LogP contribution in [-0.2, 0) is 4.79 Å². The standard InChI is InChI=1S/C15H15F2N5O3S/c16-12(17)14-19-20-15(26-14)18-13(23)9-5-7-21(8-6-9)10-3-1-2-4-11(10)22(24)25/h1-4,9,12H,5-8H2,(H,18,20,23). The van der Waals surface area contributed by atoms with E-state index >= 15 is 0 Å².